The minimum atomic E-state index is 0.188. The van der Waals surface area contributed by atoms with E-state index in [1.807, 2.05) is 29.2 Å². The molecule has 0 aliphatic carbocycles. The van der Waals surface area contributed by atoms with E-state index in [0.29, 0.717) is 11.4 Å². The number of piperazine rings is 1. The molecule has 0 aromatic heterocycles. The molecule has 1 heterocycles. The van der Waals surface area contributed by atoms with Gasteiger partial charge in [0.2, 0.25) is 5.91 Å². The molecular formula is C21H26ClN3O. The lowest BCUT2D eigenvalue weighted by molar-refractivity contribution is -0.130. The summed E-state index contributed by atoms with van der Waals surface area (Å²) in [5.74, 6) is 0.188. The van der Waals surface area contributed by atoms with Crippen LogP contribution < -0.4 is 4.90 Å². The molecule has 1 aliphatic rings. The minimum absolute atomic E-state index is 0.188. The van der Waals surface area contributed by atoms with Crippen molar-refractivity contribution >= 4 is 23.2 Å². The van der Waals surface area contributed by atoms with Crippen LogP contribution in [0.15, 0.2) is 48.5 Å². The number of halogens is 1. The molecule has 1 fully saturated rings. The van der Waals surface area contributed by atoms with Crippen molar-refractivity contribution in [3.8, 4) is 0 Å². The molecule has 0 spiro atoms. The van der Waals surface area contributed by atoms with Crippen LogP contribution in [0.1, 0.15) is 11.1 Å². The first kappa shape index (κ1) is 18.7. The Balaban J connectivity index is 1.55. The lowest BCUT2D eigenvalue weighted by Gasteiger charge is -2.36. The lowest BCUT2D eigenvalue weighted by atomic mass is 10.1. The molecule has 1 aliphatic heterocycles. The van der Waals surface area contributed by atoms with Gasteiger partial charge >= 0.3 is 0 Å². The smallest absolute Gasteiger partial charge is 0.227 e. The summed E-state index contributed by atoms with van der Waals surface area (Å²) in [5, 5.41) is 0.700. The Bertz CT molecular complexity index is 737. The van der Waals surface area contributed by atoms with Crippen LogP contribution in [0.5, 0.6) is 0 Å². The van der Waals surface area contributed by atoms with Gasteiger partial charge in [0.15, 0.2) is 0 Å². The fourth-order valence-corrected chi connectivity index (χ4v) is 3.45. The van der Waals surface area contributed by atoms with Gasteiger partial charge in [-0.1, -0.05) is 35.9 Å². The highest BCUT2D eigenvalue weighted by molar-refractivity contribution is 6.30. The van der Waals surface area contributed by atoms with Crippen LogP contribution in [-0.4, -0.2) is 56.0 Å². The Labute approximate surface area is 161 Å². The third kappa shape index (κ3) is 4.99. The number of carbonyl (C=O) groups excluding carboxylic acids is 1. The Kier molecular flexibility index (Phi) is 6.17. The predicted molar refractivity (Wildman–Crippen MR) is 108 cm³/mol. The van der Waals surface area contributed by atoms with E-state index < -0.39 is 0 Å². The zero-order valence-electron chi connectivity index (χ0n) is 15.5. The average Bonchev–Trinajstić information content (AvgIpc) is 2.63. The highest BCUT2D eigenvalue weighted by atomic mass is 35.5. The summed E-state index contributed by atoms with van der Waals surface area (Å²) in [6, 6.07) is 16.2. The molecule has 0 N–H and O–H groups in total. The molecule has 0 unspecified atom stereocenters. The molecule has 1 saturated heterocycles. The maximum atomic E-state index is 12.5. The topological polar surface area (TPSA) is 26.8 Å². The summed E-state index contributed by atoms with van der Waals surface area (Å²) in [5.41, 5.74) is 3.57. The van der Waals surface area contributed by atoms with Gasteiger partial charge in [-0.25, -0.2) is 0 Å². The second-order valence-electron chi connectivity index (χ2n) is 7.08. The standard InChI is InChI=1S/C21H26ClN3O/c1-23(2)16-18-4-3-5-20(14-18)24-10-12-25(13-11-24)21(26)15-17-6-8-19(22)9-7-17/h3-9,14H,10-13,15-16H2,1-2H3. The van der Waals surface area contributed by atoms with E-state index in [0.717, 1.165) is 38.3 Å². The molecule has 2 aromatic rings. The summed E-state index contributed by atoms with van der Waals surface area (Å²) in [6.07, 6.45) is 0.440. The van der Waals surface area contributed by atoms with Gasteiger partial charge in [-0.15, -0.1) is 0 Å². The van der Waals surface area contributed by atoms with Gasteiger partial charge in [-0.3, -0.25) is 4.79 Å². The monoisotopic (exact) mass is 371 g/mol. The van der Waals surface area contributed by atoms with Crippen molar-refractivity contribution in [3.05, 3.63) is 64.7 Å². The van der Waals surface area contributed by atoms with Crippen molar-refractivity contribution in [2.24, 2.45) is 0 Å². The number of rotatable bonds is 5. The van der Waals surface area contributed by atoms with Gasteiger partial charge < -0.3 is 14.7 Å². The first-order chi connectivity index (χ1) is 12.5. The van der Waals surface area contributed by atoms with Crippen molar-refractivity contribution in [1.82, 2.24) is 9.80 Å². The Morgan fingerprint density at radius 1 is 1.00 bits per heavy atom. The Morgan fingerprint density at radius 3 is 2.35 bits per heavy atom. The third-order valence-electron chi connectivity index (χ3n) is 4.68. The Hall–Kier alpha value is -2.04. The second kappa shape index (κ2) is 8.56. The van der Waals surface area contributed by atoms with Crippen LogP contribution in [0.2, 0.25) is 5.02 Å². The van der Waals surface area contributed by atoms with E-state index >= 15 is 0 Å². The summed E-state index contributed by atoms with van der Waals surface area (Å²) in [6.45, 7) is 4.22. The summed E-state index contributed by atoms with van der Waals surface area (Å²) in [4.78, 5) is 19.0. The molecule has 3 rings (SSSR count). The number of hydrogen-bond acceptors (Lipinski definition) is 3. The van der Waals surface area contributed by atoms with Gasteiger partial charge in [-0.05, 0) is 49.5 Å². The first-order valence-electron chi connectivity index (χ1n) is 9.02. The largest absolute Gasteiger partial charge is 0.368 e. The van der Waals surface area contributed by atoms with Gasteiger partial charge in [0.1, 0.15) is 0 Å². The fourth-order valence-electron chi connectivity index (χ4n) is 3.32. The molecule has 0 saturated carbocycles. The summed E-state index contributed by atoms with van der Waals surface area (Å²) in [7, 11) is 4.16. The summed E-state index contributed by atoms with van der Waals surface area (Å²) >= 11 is 5.91. The van der Waals surface area contributed by atoms with E-state index in [4.69, 9.17) is 11.6 Å². The SMILES string of the molecule is CN(C)Cc1cccc(N2CCN(C(=O)Cc3ccc(Cl)cc3)CC2)c1. The molecule has 0 radical (unpaired) electrons. The van der Waals surface area contributed by atoms with Crippen LogP contribution in [0.25, 0.3) is 0 Å². The van der Waals surface area contributed by atoms with Crippen LogP contribution in [0.4, 0.5) is 5.69 Å². The highest BCUT2D eigenvalue weighted by Gasteiger charge is 2.21. The maximum absolute atomic E-state index is 12.5. The first-order valence-corrected chi connectivity index (χ1v) is 9.40. The molecule has 4 nitrogen and oxygen atoms in total. The van der Waals surface area contributed by atoms with Crippen molar-refractivity contribution in [2.75, 3.05) is 45.2 Å². The highest BCUT2D eigenvalue weighted by Crippen LogP contribution is 2.19. The molecule has 1 amide bonds. The van der Waals surface area contributed by atoms with Crippen molar-refractivity contribution in [1.29, 1.82) is 0 Å². The lowest BCUT2D eigenvalue weighted by Crippen LogP contribution is -2.49. The predicted octanol–water partition coefficient (Wildman–Crippen LogP) is 3.29. The number of carbonyl (C=O) groups is 1. The molecule has 5 heteroatoms. The molecule has 0 atom stereocenters. The Morgan fingerprint density at radius 2 is 1.69 bits per heavy atom. The summed E-state index contributed by atoms with van der Waals surface area (Å²) < 4.78 is 0. The zero-order chi connectivity index (χ0) is 18.5. The van der Waals surface area contributed by atoms with E-state index in [1.165, 1.54) is 11.3 Å². The van der Waals surface area contributed by atoms with Gasteiger partial charge in [0.25, 0.3) is 0 Å². The van der Waals surface area contributed by atoms with E-state index in [1.54, 1.807) is 0 Å². The number of hydrogen-bond donors (Lipinski definition) is 0. The van der Waals surface area contributed by atoms with E-state index in [-0.39, 0.29) is 5.91 Å². The fraction of sp³-hybridized carbons (Fsp3) is 0.381. The molecule has 26 heavy (non-hydrogen) atoms. The van der Waals surface area contributed by atoms with Crippen molar-refractivity contribution in [2.45, 2.75) is 13.0 Å². The number of anilines is 1. The molecular weight excluding hydrogens is 346 g/mol. The van der Waals surface area contributed by atoms with E-state index in [9.17, 15) is 4.79 Å². The second-order valence-corrected chi connectivity index (χ2v) is 7.52. The molecule has 0 bridgehead atoms. The number of benzene rings is 2. The molecule has 2 aromatic carbocycles. The minimum Gasteiger partial charge on any atom is -0.368 e. The number of nitrogens with zero attached hydrogens (tertiary/aromatic N) is 3. The van der Waals surface area contributed by atoms with Crippen LogP contribution >= 0.6 is 11.6 Å². The van der Waals surface area contributed by atoms with Crippen LogP contribution in [0.3, 0.4) is 0 Å². The third-order valence-corrected chi connectivity index (χ3v) is 4.93. The van der Waals surface area contributed by atoms with Crippen LogP contribution in [0, 0.1) is 0 Å². The quantitative estimate of drug-likeness (QED) is 0.806. The van der Waals surface area contributed by atoms with E-state index in [2.05, 4.69) is 48.2 Å². The van der Waals surface area contributed by atoms with Crippen LogP contribution in [-0.2, 0) is 17.8 Å². The van der Waals surface area contributed by atoms with Crippen molar-refractivity contribution in [3.63, 3.8) is 0 Å². The van der Waals surface area contributed by atoms with Gasteiger partial charge in [0.05, 0.1) is 6.42 Å². The van der Waals surface area contributed by atoms with Crippen molar-refractivity contribution < 1.29 is 4.79 Å². The average molecular weight is 372 g/mol. The van der Waals surface area contributed by atoms with Gasteiger partial charge in [-0.2, -0.15) is 0 Å². The zero-order valence-corrected chi connectivity index (χ0v) is 16.2. The number of amides is 1. The normalized spacial score (nSPS) is 14.8. The van der Waals surface area contributed by atoms with Gasteiger partial charge in [0, 0.05) is 43.4 Å². The maximum Gasteiger partial charge on any atom is 0.227 e. The molecule has 138 valence electrons.